The highest BCUT2D eigenvalue weighted by molar-refractivity contribution is 6.32. The van der Waals surface area contributed by atoms with Crippen molar-refractivity contribution in [1.82, 2.24) is 0 Å². The Kier molecular flexibility index (Phi) is 7.99. The van der Waals surface area contributed by atoms with Crippen LogP contribution >= 0.6 is 11.6 Å². The predicted molar refractivity (Wildman–Crippen MR) is 101 cm³/mol. The number of hydrogen-bond acceptors (Lipinski definition) is 4. The van der Waals surface area contributed by atoms with Crippen LogP contribution in [0.4, 0.5) is 22.1 Å². The molecule has 1 aromatic carbocycles. The standard InChI is InChI=1S/C18H23ClN4O2.ClH/c1-5-25-18(24)22-14-6-7-15(23-17(14)20)21-9-13-10(2)8-11(3)16(19)12(13)4;/h6-8H,5,9H2,1-4H3,(H,22,24)(H3,20,21,23);1H. The SMILES string of the molecule is CCOC(=O)Nc1ccc(NCc2c(C)cc(C)c(Cl)c2C)[nH+]c1N.[Cl-]. The number of nitrogen functional groups attached to an aromatic ring is 1. The number of halogens is 2. The van der Waals surface area contributed by atoms with Crippen LogP contribution in [0.5, 0.6) is 0 Å². The van der Waals surface area contributed by atoms with Crippen LogP contribution in [0.3, 0.4) is 0 Å². The van der Waals surface area contributed by atoms with Crippen LogP contribution < -0.4 is 33.8 Å². The van der Waals surface area contributed by atoms with Crippen molar-refractivity contribution in [2.45, 2.75) is 34.2 Å². The summed E-state index contributed by atoms with van der Waals surface area (Å²) in [4.78, 5) is 14.5. The van der Waals surface area contributed by atoms with E-state index in [4.69, 9.17) is 22.1 Å². The first-order valence-corrected chi connectivity index (χ1v) is 8.45. The first kappa shape index (κ1) is 21.9. The molecule has 1 amide bonds. The van der Waals surface area contributed by atoms with Gasteiger partial charge in [0.25, 0.3) is 0 Å². The van der Waals surface area contributed by atoms with E-state index in [0.717, 1.165) is 27.5 Å². The molecule has 2 aromatic rings. The Balaban J connectivity index is 0.00000338. The van der Waals surface area contributed by atoms with Crippen LogP contribution in [0.2, 0.25) is 5.02 Å². The van der Waals surface area contributed by atoms with Crippen LogP contribution in [0.1, 0.15) is 29.2 Å². The molecule has 142 valence electrons. The monoisotopic (exact) mass is 398 g/mol. The molecule has 0 fully saturated rings. The lowest BCUT2D eigenvalue weighted by atomic mass is 9.99. The van der Waals surface area contributed by atoms with E-state index in [-0.39, 0.29) is 12.4 Å². The summed E-state index contributed by atoms with van der Waals surface area (Å²) in [6.45, 7) is 8.74. The number of anilines is 3. The maximum absolute atomic E-state index is 11.5. The van der Waals surface area contributed by atoms with Gasteiger partial charge in [-0.1, -0.05) is 17.7 Å². The Morgan fingerprint density at radius 3 is 2.58 bits per heavy atom. The molecule has 0 unspecified atom stereocenters. The summed E-state index contributed by atoms with van der Waals surface area (Å²) in [7, 11) is 0. The molecule has 0 saturated heterocycles. The van der Waals surface area contributed by atoms with E-state index in [1.54, 1.807) is 19.1 Å². The number of H-pyrrole nitrogens is 1. The Hall–Kier alpha value is -2.18. The molecule has 8 heteroatoms. The molecule has 2 rings (SSSR count). The topological polar surface area (TPSA) is 90.5 Å². The fourth-order valence-electron chi connectivity index (χ4n) is 2.65. The maximum Gasteiger partial charge on any atom is 0.411 e. The second kappa shape index (κ2) is 9.50. The van der Waals surface area contributed by atoms with Gasteiger partial charge in [0, 0.05) is 11.1 Å². The number of ether oxygens (including phenoxy) is 1. The highest BCUT2D eigenvalue weighted by atomic mass is 35.5. The lowest BCUT2D eigenvalue weighted by Crippen LogP contribution is -3.00. The van der Waals surface area contributed by atoms with Crippen molar-refractivity contribution in [3.05, 3.63) is 45.5 Å². The van der Waals surface area contributed by atoms with Crippen molar-refractivity contribution in [3.8, 4) is 0 Å². The quantitative estimate of drug-likeness (QED) is 0.695. The third-order valence-electron chi connectivity index (χ3n) is 3.98. The lowest BCUT2D eigenvalue weighted by molar-refractivity contribution is -0.342. The Bertz CT molecular complexity index is 797. The number of nitrogens with one attached hydrogen (secondary N) is 3. The highest BCUT2D eigenvalue weighted by Gasteiger charge is 2.13. The summed E-state index contributed by atoms with van der Waals surface area (Å²) in [6, 6.07) is 5.60. The molecule has 5 N–H and O–H groups in total. The summed E-state index contributed by atoms with van der Waals surface area (Å²) < 4.78 is 4.84. The van der Waals surface area contributed by atoms with Gasteiger partial charge in [-0.25, -0.2) is 9.78 Å². The molecule has 0 spiro atoms. The fraction of sp³-hybridized carbons (Fsp3) is 0.333. The number of aromatic amines is 1. The van der Waals surface area contributed by atoms with Gasteiger partial charge in [-0.2, -0.15) is 0 Å². The van der Waals surface area contributed by atoms with Crippen molar-refractivity contribution < 1.29 is 26.9 Å². The minimum atomic E-state index is -0.538. The average Bonchev–Trinajstić information content (AvgIpc) is 2.55. The normalized spacial score (nSPS) is 10.0. The number of aryl methyl sites for hydroxylation is 2. The lowest BCUT2D eigenvalue weighted by Gasteiger charge is -2.13. The van der Waals surface area contributed by atoms with E-state index in [0.29, 0.717) is 24.7 Å². The summed E-state index contributed by atoms with van der Waals surface area (Å²) in [5, 5.41) is 6.67. The summed E-state index contributed by atoms with van der Waals surface area (Å²) in [5.74, 6) is 1.08. The minimum absolute atomic E-state index is 0. The number of nitrogens with two attached hydrogens (primary N) is 1. The Morgan fingerprint density at radius 2 is 1.96 bits per heavy atom. The Labute approximate surface area is 164 Å². The third-order valence-corrected chi connectivity index (χ3v) is 4.56. The van der Waals surface area contributed by atoms with Gasteiger partial charge in [0.05, 0.1) is 13.2 Å². The molecule has 0 radical (unpaired) electrons. The minimum Gasteiger partial charge on any atom is -1.00 e. The molecule has 0 aliphatic rings. The first-order valence-electron chi connectivity index (χ1n) is 8.08. The van der Waals surface area contributed by atoms with Gasteiger partial charge >= 0.3 is 6.09 Å². The number of amides is 1. The summed E-state index contributed by atoms with van der Waals surface area (Å²) in [5.41, 5.74) is 10.9. The molecule has 0 aliphatic heterocycles. The van der Waals surface area contributed by atoms with Crippen molar-refractivity contribution in [1.29, 1.82) is 0 Å². The molecule has 0 saturated carbocycles. The van der Waals surface area contributed by atoms with E-state index in [1.807, 2.05) is 13.8 Å². The molecule has 0 aliphatic carbocycles. The molecular weight excluding hydrogens is 375 g/mol. The maximum atomic E-state index is 11.5. The molecule has 0 bridgehead atoms. The van der Waals surface area contributed by atoms with Crippen LogP contribution in [0, 0.1) is 20.8 Å². The number of rotatable bonds is 5. The number of benzene rings is 1. The van der Waals surface area contributed by atoms with Crippen molar-refractivity contribution in [3.63, 3.8) is 0 Å². The van der Waals surface area contributed by atoms with E-state index in [1.165, 1.54) is 5.56 Å². The van der Waals surface area contributed by atoms with Gasteiger partial charge in [0.2, 0.25) is 11.6 Å². The third kappa shape index (κ3) is 5.16. The Morgan fingerprint density at radius 1 is 1.27 bits per heavy atom. The van der Waals surface area contributed by atoms with Gasteiger partial charge in [0.1, 0.15) is 5.69 Å². The zero-order valence-electron chi connectivity index (χ0n) is 15.3. The number of pyridine rings is 1. The highest BCUT2D eigenvalue weighted by Crippen LogP contribution is 2.27. The zero-order valence-corrected chi connectivity index (χ0v) is 16.8. The van der Waals surface area contributed by atoms with E-state index in [9.17, 15) is 4.79 Å². The fourth-order valence-corrected chi connectivity index (χ4v) is 2.82. The number of carbonyl (C=O) groups excluding carboxylic acids is 1. The van der Waals surface area contributed by atoms with Crippen molar-refractivity contribution in [2.24, 2.45) is 0 Å². The summed E-state index contributed by atoms with van der Waals surface area (Å²) in [6.07, 6.45) is -0.538. The number of hydrogen-bond donors (Lipinski definition) is 3. The summed E-state index contributed by atoms with van der Waals surface area (Å²) >= 11 is 6.35. The van der Waals surface area contributed by atoms with E-state index >= 15 is 0 Å². The largest absolute Gasteiger partial charge is 1.00 e. The second-order valence-electron chi connectivity index (χ2n) is 5.83. The predicted octanol–water partition coefficient (Wildman–Crippen LogP) is 0.846. The number of carbonyl (C=O) groups is 1. The molecule has 26 heavy (non-hydrogen) atoms. The van der Waals surface area contributed by atoms with E-state index in [2.05, 4.69) is 28.6 Å². The number of aromatic nitrogens is 1. The second-order valence-corrected chi connectivity index (χ2v) is 6.20. The molecule has 6 nitrogen and oxygen atoms in total. The smallest absolute Gasteiger partial charge is 0.411 e. The van der Waals surface area contributed by atoms with Gasteiger partial charge in [-0.3, -0.25) is 5.32 Å². The van der Waals surface area contributed by atoms with Crippen LogP contribution in [0.15, 0.2) is 18.2 Å². The van der Waals surface area contributed by atoms with Gasteiger partial charge in [0.15, 0.2) is 0 Å². The van der Waals surface area contributed by atoms with E-state index < -0.39 is 6.09 Å². The molecule has 1 heterocycles. The van der Waals surface area contributed by atoms with Gasteiger partial charge in [-0.15, -0.1) is 0 Å². The van der Waals surface area contributed by atoms with Crippen molar-refractivity contribution in [2.75, 3.05) is 23.0 Å². The first-order chi connectivity index (χ1) is 11.8. The average molecular weight is 399 g/mol. The van der Waals surface area contributed by atoms with Crippen molar-refractivity contribution >= 4 is 35.0 Å². The molecular formula is C18H24Cl2N4O2. The van der Waals surface area contributed by atoms with Gasteiger partial charge in [-0.05, 0) is 56.0 Å². The van der Waals surface area contributed by atoms with Crippen LogP contribution in [0.25, 0.3) is 0 Å². The van der Waals surface area contributed by atoms with Gasteiger partial charge < -0.3 is 28.2 Å². The molecule has 1 aromatic heterocycles. The zero-order chi connectivity index (χ0) is 18.6. The van der Waals surface area contributed by atoms with Crippen LogP contribution in [-0.4, -0.2) is 12.7 Å². The van der Waals surface area contributed by atoms with Crippen LogP contribution in [-0.2, 0) is 11.3 Å². The molecule has 0 atom stereocenters.